The quantitative estimate of drug-likeness (QED) is 0.581. The molecule has 1 unspecified atom stereocenters. The van der Waals surface area contributed by atoms with E-state index in [1.807, 2.05) is 19.0 Å². The monoisotopic (exact) mass is 249 g/mol. The first-order chi connectivity index (χ1) is 7.40. The van der Waals surface area contributed by atoms with Crippen LogP contribution >= 0.6 is 0 Å². The highest BCUT2D eigenvalue weighted by Gasteiger charge is 2.18. The van der Waals surface area contributed by atoms with Crippen molar-refractivity contribution in [2.24, 2.45) is 0 Å². The molecule has 94 valence electrons. The van der Waals surface area contributed by atoms with Crippen LogP contribution in [0.5, 0.6) is 0 Å². The van der Waals surface area contributed by atoms with Crippen molar-refractivity contribution in [3.8, 4) is 6.07 Å². The van der Waals surface area contributed by atoms with Crippen molar-refractivity contribution in [2.75, 3.05) is 40.4 Å². The van der Waals surface area contributed by atoms with Crippen molar-refractivity contribution >= 4 is 10.0 Å². The molecule has 0 radical (unpaired) electrons. The van der Waals surface area contributed by atoms with E-state index in [9.17, 15) is 8.42 Å². The van der Waals surface area contributed by atoms with Gasteiger partial charge in [-0.15, -0.1) is 0 Å². The number of likely N-dealkylation sites (N-methyl/N-ethyl adjacent to an activating group) is 1. The molecule has 0 fully saturated rings. The predicted molar refractivity (Wildman–Crippen MR) is 61.4 cm³/mol. The molecule has 0 bridgehead atoms. The van der Waals surface area contributed by atoms with Gasteiger partial charge in [-0.3, -0.25) is 0 Å². The number of nitrogens with zero attached hydrogens (tertiary/aromatic N) is 2. The Bertz CT molecular complexity index is 321. The van der Waals surface area contributed by atoms with E-state index in [1.165, 1.54) is 6.92 Å². The summed E-state index contributed by atoms with van der Waals surface area (Å²) in [6.07, 6.45) is 0. The van der Waals surface area contributed by atoms with E-state index in [0.717, 1.165) is 6.54 Å². The predicted octanol–water partition coefficient (Wildman–Crippen LogP) is -0.604. The fourth-order valence-electron chi connectivity index (χ4n) is 0.800. The number of nitriles is 1. The lowest BCUT2D eigenvalue weighted by Gasteiger charge is -2.11. The van der Waals surface area contributed by atoms with Crippen molar-refractivity contribution < 1.29 is 13.2 Å². The highest BCUT2D eigenvalue weighted by atomic mass is 32.2. The Kier molecular flexibility index (Phi) is 7.25. The van der Waals surface area contributed by atoms with Crippen LogP contribution in [0.25, 0.3) is 0 Å². The SMILES string of the molecule is CC(C#N)S(=O)(=O)NCCOCCN(C)C. The molecule has 0 saturated carbocycles. The Labute approximate surface area is 97.2 Å². The average molecular weight is 249 g/mol. The summed E-state index contributed by atoms with van der Waals surface area (Å²) in [7, 11) is 0.347. The van der Waals surface area contributed by atoms with Gasteiger partial charge in [-0.05, 0) is 21.0 Å². The molecule has 0 aliphatic rings. The summed E-state index contributed by atoms with van der Waals surface area (Å²) < 4.78 is 30.1. The first-order valence-corrected chi connectivity index (χ1v) is 6.55. The largest absolute Gasteiger partial charge is 0.379 e. The number of nitrogens with one attached hydrogen (secondary N) is 1. The van der Waals surface area contributed by atoms with Gasteiger partial charge in [0.05, 0.1) is 19.3 Å². The highest BCUT2D eigenvalue weighted by molar-refractivity contribution is 7.90. The smallest absolute Gasteiger partial charge is 0.227 e. The van der Waals surface area contributed by atoms with Gasteiger partial charge in [-0.25, -0.2) is 13.1 Å². The van der Waals surface area contributed by atoms with Crippen LogP contribution in [0, 0.1) is 11.3 Å². The Balaban J connectivity index is 3.64. The number of rotatable bonds is 8. The zero-order valence-corrected chi connectivity index (χ0v) is 10.7. The van der Waals surface area contributed by atoms with Crippen molar-refractivity contribution in [3.63, 3.8) is 0 Å². The van der Waals surface area contributed by atoms with E-state index in [2.05, 4.69) is 4.72 Å². The molecule has 0 rings (SSSR count). The van der Waals surface area contributed by atoms with E-state index in [-0.39, 0.29) is 6.54 Å². The van der Waals surface area contributed by atoms with Crippen molar-refractivity contribution in [2.45, 2.75) is 12.2 Å². The van der Waals surface area contributed by atoms with Crippen LogP contribution in [0.4, 0.5) is 0 Å². The van der Waals surface area contributed by atoms with Gasteiger partial charge >= 0.3 is 0 Å². The molecule has 0 saturated heterocycles. The minimum Gasteiger partial charge on any atom is -0.379 e. The number of sulfonamides is 1. The molecule has 0 aromatic heterocycles. The number of hydrogen-bond acceptors (Lipinski definition) is 5. The minimum atomic E-state index is -3.52. The topological polar surface area (TPSA) is 82.4 Å². The second-order valence-electron chi connectivity index (χ2n) is 3.63. The first kappa shape index (κ1) is 15.3. The first-order valence-electron chi connectivity index (χ1n) is 5.00. The lowest BCUT2D eigenvalue weighted by molar-refractivity contribution is 0.122. The molecule has 0 spiro atoms. The maximum Gasteiger partial charge on any atom is 0.227 e. The zero-order chi connectivity index (χ0) is 12.6. The molecular formula is C9H19N3O3S. The molecule has 0 aliphatic heterocycles. The molecule has 0 heterocycles. The maximum atomic E-state index is 11.3. The lowest BCUT2D eigenvalue weighted by atomic mass is 10.5. The van der Waals surface area contributed by atoms with Crippen LogP contribution in [-0.2, 0) is 14.8 Å². The standard InChI is InChI=1S/C9H19N3O3S/c1-9(8-10)16(13,14)11-4-6-15-7-5-12(2)3/h9,11H,4-7H2,1-3H3. The fourth-order valence-corrected chi connectivity index (χ4v) is 1.56. The normalized spacial score (nSPS) is 13.7. The van der Waals surface area contributed by atoms with Gasteiger partial charge in [-0.2, -0.15) is 5.26 Å². The molecule has 16 heavy (non-hydrogen) atoms. The zero-order valence-electron chi connectivity index (χ0n) is 9.93. The Morgan fingerprint density at radius 2 is 2.06 bits per heavy atom. The third kappa shape index (κ3) is 6.74. The van der Waals surface area contributed by atoms with Gasteiger partial charge < -0.3 is 9.64 Å². The van der Waals surface area contributed by atoms with Crippen LogP contribution in [0.3, 0.4) is 0 Å². The molecule has 1 atom stereocenters. The van der Waals surface area contributed by atoms with Crippen LogP contribution < -0.4 is 4.72 Å². The third-order valence-electron chi connectivity index (χ3n) is 1.88. The Hall–Kier alpha value is -0.680. The van der Waals surface area contributed by atoms with Crippen molar-refractivity contribution in [1.29, 1.82) is 5.26 Å². The van der Waals surface area contributed by atoms with Crippen molar-refractivity contribution in [3.05, 3.63) is 0 Å². The van der Waals surface area contributed by atoms with Gasteiger partial charge in [0.1, 0.15) is 0 Å². The third-order valence-corrected chi connectivity index (χ3v) is 3.52. The average Bonchev–Trinajstić information content (AvgIpc) is 2.21. The summed E-state index contributed by atoms with van der Waals surface area (Å²) in [5.41, 5.74) is 0. The fraction of sp³-hybridized carbons (Fsp3) is 0.889. The van der Waals surface area contributed by atoms with Crippen LogP contribution in [0.15, 0.2) is 0 Å². The minimum absolute atomic E-state index is 0.196. The van der Waals surface area contributed by atoms with Gasteiger partial charge in [0, 0.05) is 13.1 Å². The van der Waals surface area contributed by atoms with Gasteiger partial charge in [0.25, 0.3) is 0 Å². The van der Waals surface area contributed by atoms with Crippen LogP contribution in [0.1, 0.15) is 6.92 Å². The maximum absolute atomic E-state index is 11.3. The van der Waals surface area contributed by atoms with Gasteiger partial charge in [0.15, 0.2) is 5.25 Å². The van der Waals surface area contributed by atoms with Crippen LogP contribution in [-0.4, -0.2) is 59.0 Å². The molecular weight excluding hydrogens is 230 g/mol. The van der Waals surface area contributed by atoms with Crippen LogP contribution in [0.2, 0.25) is 0 Å². The summed E-state index contributed by atoms with van der Waals surface area (Å²) >= 11 is 0. The lowest BCUT2D eigenvalue weighted by Crippen LogP contribution is -2.34. The Morgan fingerprint density at radius 3 is 2.56 bits per heavy atom. The highest BCUT2D eigenvalue weighted by Crippen LogP contribution is 1.94. The summed E-state index contributed by atoms with van der Waals surface area (Å²) in [5, 5.41) is 7.43. The molecule has 7 heteroatoms. The summed E-state index contributed by atoms with van der Waals surface area (Å²) in [6.45, 7) is 3.20. The van der Waals surface area contributed by atoms with E-state index >= 15 is 0 Å². The molecule has 6 nitrogen and oxygen atoms in total. The number of ether oxygens (including phenoxy) is 1. The van der Waals surface area contributed by atoms with Gasteiger partial charge in [-0.1, -0.05) is 0 Å². The van der Waals surface area contributed by atoms with E-state index in [0.29, 0.717) is 13.2 Å². The summed E-state index contributed by atoms with van der Waals surface area (Å²) in [4.78, 5) is 1.97. The second kappa shape index (κ2) is 7.57. The Morgan fingerprint density at radius 1 is 1.44 bits per heavy atom. The second-order valence-corrected chi connectivity index (χ2v) is 5.71. The molecule has 1 N–H and O–H groups in total. The molecule has 0 aromatic rings. The number of hydrogen-bond donors (Lipinski definition) is 1. The van der Waals surface area contributed by atoms with E-state index < -0.39 is 15.3 Å². The summed E-state index contributed by atoms with van der Waals surface area (Å²) in [5.74, 6) is 0. The molecule has 0 amide bonds. The molecule has 0 aliphatic carbocycles. The van der Waals surface area contributed by atoms with E-state index in [4.69, 9.17) is 10.00 Å². The molecule has 0 aromatic carbocycles. The van der Waals surface area contributed by atoms with Gasteiger partial charge in [0.2, 0.25) is 10.0 Å². The van der Waals surface area contributed by atoms with E-state index in [1.54, 1.807) is 6.07 Å². The van der Waals surface area contributed by atoms with Crippen molar-refractivity contribution in [1.82, 2.24) is 9.62 Å². The summed E-state index contributed by atoms with van der Waals surface area (Å²) in [6, 6.07) is 1.67.